The molecule has 1 heterocycles. The Kier molecular flexibility index (Phi) is 5.13. The second-order valence-corrected chi connectivity index (χ2v) is 4.55. The van der Waals surface area contributed by atoms with Crippen LogP contribution in [0.2, 0.25) is 0 Å². The van der Waals surface area contributed by atoms with E-state index in [1.165, 1.54) is 0 Å². The summed E-state index contributed by atoms with van der Waals surface area (Å²) in [7, 11) is 3.10. The summed E-state index contributed by atoms with van der Waals surface area (Å²) in [6.45, 7) is 0.368. The number of hydrogen-bond donors (Lipinski definition) is 2. The summed E-state index contributed by atoms with van der Waals surface area (Å²) < 4.78 is 10.4. The van der Waals surface area contributed by atoms with Crippen molar-refractivity contribution in [2.45, 2.75) is 6.42 Å². The van der Waals surface area contributed by atoms with Crippen LogP contribution >= 0.6 is 0 Å². The standard InChI is InChI=1S/C14H16N4O5/c1-22-10-4-3-9(7-11(10)23-2)5-6-15-13-12(18(20)21)14(19)17-8-16-13/h3-4,7-8H,5-6H2,1-2H3,(H2,15,16,17,19). The lowest BCUT2D eigenvalue weighted by Gasteiger charge is -2.10. The summed E-state index contributed by atoms with van der Waals surface area (Å²) in [5.41, 5.74) is -0.443. The fourth-order valence-electron chi connectivity index (χ4n) is 2.05. The number of H-pyrrole nitrogens is 1. The molecule has 0 aliphatic heterocycles. The van der Waals surface area contributed by atoms with Crippen molar-refractivity contribution >= 4 is 11.5 Å². The number of aromatic amines is 1. The molecule has 1 aromatic carbocycles. The number of hydrogen-bond acceptors (Lipinski definition) is 7. The number of aromatic nitrogens is 2. The number of ether oxygens (including phenoxy) is 2. The van der Waals surface area contributed by atoms with Crippen molar-refractivity contribution in [3.8, 4) is 11.5 Å². The maximum Gasteiger partial charge on any atom is 0.375 e. The van der Waals surface area contributed by atoms with Gasteiger partial charge in [0.1, 0.15) is 0 Å². The number of methoxy groups -OCH3 is 2. The van der Waals surface area contributed by atoms with Crippen LogP contribution in [0.25, 0.3) is 0 Å². The number of nitrogens with one attached hydrogen (secondary N) is 2. The van der Waals surface area contributed by atoms with E-state index in [9.17, 15) is 14.9 Å². The molecule has 0 amide bonds. The Balaban J connectivity index is 2.07. The number of benzene rings is 1. The van der Waals surface area contributed by atoms with Gasteiger partial charge >= 0.3 is 11.2 Å². The van der Waals surface area contributed by atoms with E-state index >= 15 is 0 Å². The van der Waals surface area contributed by atoms with Crippen molar-refractivity contribution < 1.29 is 14.4 Å². The molecular formula is C14H16N4O5. The molecule has 23 heavy (non-hydrogen) atoms. The summed E-state index contributed by atoms with van der Waals surface area (Å²) in [6.07, 6.45) is 1.68. The van der Waals surface area contributed by atoms with Crippen LogP contribution in [-0.2, 0) is 6.42 Å². The van der Waals surface area contributed by atoms with E-state index in [0.29, 0.717) is 24.5 Å². The van der Waals surface area contributed by atoms with Gasteiger partial charge in [0.2, 0.25) is 5.82 Å². The van der Waals surface area contributed by atoms with Gasteiger partial charge in [0.05, 0.1) is 25.5 Å². The number of nitrogens with zero attached hydrogens (tertiary/aromatic N) is 2. The van der Waals surface area contributed by atoms with Crippen LogP contribution in [-0.4, -0.2) is 35.7 Å². The smallest absolute Gasteiger partial charge is 0.375 e. The van der Waals surface area contributed by atoms with Crippen molar-refractivity contribution in [1.82, 2.24) is 9.97 Å². The Morgan fingerprint density at radius 1 is 1.30 bits per heavy atom. The summed E-state index contributed by atoms with van der Waals surface area (Å²) >= 11 is 0. The molecule has 0 spiro atoms. The number of anilines is 1. The molecule has 0 unspecified atom stereocenters. The van der Waals surface area contributed by atoms with Gasteiger partial charge in [-0.25, -0.2) is 4.98 Å². The van der Waals surface area contributed by atoms with Crippen LogP contribution < -0.4 is 20.3 Å². The van der Waals surface area contributed by atoms with E-state index in [1.807, 2.05) is 12.1 Å². The predicted octanol–water partition coefficient (Wildman–Crippen LogP) is 1.35. The molecule has 9 nitrogen and oxygen atoms in total. The molecule has 0 radical (unpaired) electrons. The van der Waals surface area contributed by atoms with Gasteiger partial charge in [-0.1, -0.05) is 6.07 Å². The first-order chi connectivity index (χ1) is 11.1. The molecule has 9 heteroatoms. The fraction of sp³-hybridized carbons (Fsp3) is 0.286. The zero-order valence-electron chi connectivity index (χ0n) is 12.7. The van der Waals surface area contributed by atoms with Crippen LogP contribution in [0.5, 0.6) is 11.5 Å². The lowest BCUT2D eigenvalue weighted by molar-refractivity contribution is -0.385. The van der Waals surface area contributed by atoms with Crippen molar-refractivity contribution in [1.29, 1.82) is 0 Å². The molecule has 0 atom stereocenters. The van der Waals surface area contributed by atoms with Gasteiger partial charge in [-0.2, -0.15) is 0 Å². The average Bonchev–Trinajstić information content (AvgIpc) is 2.54. The van der Waals surface area contributed by atoms with Gasteiger partial charge in [0, 0.05) is 6.54 Å². The summed E-state index contributed by atoms with van der Waals surface area (Å²) in [4.78, 5) is 27.6. The number of nitro groups is 1. The average molecular weight is 320 g/mol. The molecule has 2 aromatic rings. The normalized spacial score (nSPS) is 10.2. The minimum atomic E-state index is -0.793. The fourth-order valence-corrected chi connectivity index (χ4v) is 2.05. The highest BCUT2D eigenvalue weighted by atomic mass is 16.6. The molecule has 0 saturated carbocycles. The van der Waals surface area contributed by atoms with Crippen LogP contribution in [0.3, 0.4) is 0 Å². The first kappa shape index (κ1) is 16.3. The van der Waals surface area contributed by atoms with E-state index in [0.717, 1.165) is 11.9 Å². The second kappa shape index (κ2) is 7.25. The largest absolute Gasteiger partial charge is 0.493 e. The van der Waals surface area contributed by atoms with Crippen molar-refractivity contribution in [3.05, 3.63) is 50.6 Å². The molecule has 0 saturated heterocycles. The Morgan fingerprint density at radius 3 is 2.70 bits per heavy atom. The Bertz CT molecular complexity index is 759. The lowest BCUT2D eigenvalue weighted by Crippen LogP contribution is -2.17. The lowest BCUT2D eigenvalue weighted by atomic mass is 10.1. The van der Waals surface area contributed by atoms with E-state index in [4.69, 9.17) is 9.47 Å². The van der Waals surface area contributed by atoms with E-state index < -0.39 is 16.2 Å². The van der Waals surface area contributed by atoms with Crippen molar-refractivity contribution in [3.63, 3.8) is 0 Å². The maximum atomic E-state index is 11.5. The third kappa shape index (κ3) is 3.76. The van der Waals surface area contributed by atoms with E-state index in [2.05, 4.69) is 15.3 Å². The first-order valence-corrected chi connectivity index (χ1v) is 6.73. The SMILES string of the molecule is COc1ccc(CCNc2nc[nH]c(=O)c2[N+](=O)[O-])cc1OC. The van der Waals surface area contributed by atoms with Crippen molar-refractivity contribution in [2.75, 3.05) is 26.1 Å². The summed E-state index contributed by atoms with van der Waals surface area (Å²) in [5.74, 6) is 1.17. The minimum Gasteiger partial charge on any atom is -0.493 e. The Hall–Kier alpha value is -3.10. The van der Waals surface area contributed by atoms with Crippen molar-refractivity contribution in [2.24, 2.45) is 0 Å². The summed E-state index contributed by atoms with van der Waals surface area (Å²) in [5, 5.41) is 13.7. The summed E-state index contributed by atoms with van der Waals surface area (Å²) in [6, 6.07) is 5.46. The number of rotatable bonds is 7. The Morgan fingerprint density at radius 2 is 2.04 bits per heavy atom. The second-order valence-electron chi connectivity index (χ2n) is 4.55. The molecule has 0 aliphatic rings. The van der Waals surface area contributed by atoms with E-state index in [1.54, 1.807) is 20.3 Å². The molecular weight excluding hydrogens is 304 g/mol. The van der Waals surface area contributed by atoms with E-state index in [-0.39, 0.29) is 5.82 Å². The van der Waals surface area contributed by atoms with Crippen LogP contribution in [0, 0.1) is 10.1 Å². The van der Waals surface area contributed by atoms with Gasteiger partial charge in [-0.3, -0.25) is 14.9 Å². The minimum absolute atomic E-state index is 0.0563. The zero-order chi connectivity index (χ0) is 16.8. The monoisotopic (exact) mass is 320 g/mol. The van der Waals surface area contributed by atoms with Gasteiger partial charge < -0.3 is 19.8 Å². The quantitative estimate of drug-likeness (QED) is 0.583. The highest BCUT2D eigenvalue weighted by Crippen LogP contribution is 2.27. The van der Waals surface area contributed by atoms with Gasteiger partial charge in [0.25, 0.3) is 0 Å². The molecule has 2 N–H and O–H groups in total. The Labute approximate surface area is 131 Å². The van der Waals surface area contributed by atoms with Crippen LogP contribution in [0.15, 0.2) is 29.3 Å². The first-order valence-electron chi connectivity index (χ1n) is 6.73. The van der Waals surface area contributed by atoms with Crippen LogP contribution in [0.4, 0.5) is 11.5 Å². The van der Waals surface area contributed by atoms with Gasteiger partial charge in [-0.05, 0) is 24.1 Å². The molecule has 0 fully saturated rings. The zero-order valence-corrected chi connectivity index (χ0v) is 12.7. The topological polar surface area (TPSA) is 119 Å². The van der Waals surface area contributed by atoms with Crippen LogP contribution in [0.1, 0.15) is 5.56 Å². The molecule has 1 aromatic heterocycles. The third-order valence-electron chi connectivity index (χ3n) is 3.17. The van der Waals surface area contributed by atoms with Gasteiger partial charge in [0.15, 0.2) is 11.5 Å². The molecule has 2 rings (SSSR count). The molecule has 122 valence electrons. The highest BCUT2D eigenvalue weighted by molar-refractivity contribution is 5.53. The van der Waals surface area contributed by atoms with Gasteiger partial charge in [-0.15, -0.1) is 0 Å². The third-order valence-corrected chi connectivity index (χ3v) is 3.17. The molecule has 0 bridgehead atoms. The molecule has 0 aliphatic carbocycles. The highest BCUT2D eigenvalue weighted by Gasteiger charge is 2.19. The maximum absolute atomic E-state index is 11.5. The predicted molar refractivity (Wildman–Crippen MR) is 83.3 cm³/mol.